The van der Waals surface area contributed by atoms with Gasteiger partial charge in [-0.05, 0) is 25.5 Å². The van der Waals surface area contributed by atoms with Crippen LogP contribution >= 0.6 is 0 Å². The summed E-state index contributed by atoms with van der Waals surface area (Å²) < 4.78 is 0. The number of carbonyl (C=O) groups is 2. The maximum atomic E-state index is 12.1. The third-order valence-electron chi connectivity index (χ3n) is 3.05. The highest BCUT2D eigenvalue weighted by Crippen LogP contribution is 2.16. The zero-order chi connectivity index (χ0) is 14.5. The molecule has 0 bridgehead atoms. The molecule has 0 fully saturated rings. The van der Waals surface area contributed by atoms with Gasteiger partial charge >= 0.3 is 0 Å². The molecule has 0 saturated carbocycles. The third kappa shape index (κ3) is 4.17. The predicted molar refractivity (Wildman–Crippen MR) is 77.2 cm³/mol. The molecular weight excluding hydrogens is 240 g/mol. The van der Waals surface area contributed by atoms with Gasteiger partial charge < -0.3 is 11.1 Å². The van der Waals surface area contributed by atoms with Crippen LogP contribution in [0.1, 0.15) is 50.4 Å². The van der Waals surface area contributed by atoms with Crippen LogP contribution in [0.4, 0.5) is 5.69 Å². The number of ketones is 1. The van der Waals surface area contributed by atoms with Crippen molar-refractivity contribution in [2.75, 3.05) is 5.32 Å². The minimum atomic E-state index is -0.889. The molecule has 1 rings (SSSR count). The summed E-state index contributed by atoms with van der Waals surface area (Å²) in [7, 11) is 0. The van der Waals surface area contributed by atoms with Crippen molar-refractivity contribution in [3.8, 4) is 0 Å². The topological polar surface area (TPSA) is 72.2 Å². The van der Waals surface area contributed by atoms with Crippen LogP contribution in [0.15, 0.2) is 24.3 Å². The van der Waals surface area contributed by atoms with Crippen molar-refractivity contribution in [2.24, 2.45) is 5.73 Å². The molecular formula is C15H22N2O2. The third-order valence-corrected chi connectivity index (χ3v) is 3.05. The SMILES string of the molecule is CCCC(C)(N)C(=O)Nc1cccc(C(=O)CC)c1. The van der Waals surface area contributed by atoms with Gasteiger partial charge in [0.05, 0.1) is 5.54 Å². The van der Waals surface area contributed by atoms with Gasteiger partial charge in [-0.1, -0.05) is 32.4 Å². The van der Waals surface area contributed by atoms with E-state index in [4.69, 9.17) is 5.73 Å². The number of hydrogen-bond donors (Lipinski definition) is 2. The lowest BCUT2D eigenvalue weighted by molar-refractivity contribution is -0.120. The molecule has 0 aliphatic heterocycles. The predicted octanol–water partition coefficient (Wildman–Crippen LogP) is 2.74. The van der Waals surface area contributed by atoms with Crippen LogP contribution in [0.3, 0.4) is 0 Å². The second-order valence-corrected chi connectivity index (χ2v) is 4.98. The Labute approximate surface area is 114 Å². The molecule has 0 aliphatic rings. The first-order chi connectivity index (χ1) is 8.90. The van der Waals surface area contributed by atoms with Crippen LogP contribution in [-0.2, 0) is 4.79 Å². The molecule has 1 aromatic rings. The summed E-state index contributed by atoms with van der Waals surface area (Å²) in [5, 5.41) is 2.77. The molecule has 4 heteroatoms. The van der Waals surface area contributed by atoms with E-state index in [1.165, 1.54) is 0 Å². The Morgan fingerprint density at radius 2 is 2.00 bits per heavy atom. The van der Waals surface area contributed by atoms with Crippen LogP contribution < -0.4 is 11.1 Å². The van der Waals surface area contributed by atoms with Gasteiger partial charge in [0.2, 0.25) is 5.91 Å². The summed E-state index contributed by atoms with van der Waals surface area (Å²) in [4.78, 5) is 23.7. The second kappa shape index (κ2) is 6.48. The Balaban J connectivity index is 2.83. The van der Waals surface area contributed by atoms with Gasteiger partial charge in [0, 0.05) is 17.7 Å². The molecule has 1 unspecified atom stereocenters. The van der Waals surface area contributed by atoms with Crippen molar-refractivity contribution < 1.29 is 9.59 Å². The normalized spacial score (nSPS) is 13.7. The minimum Gasteiger partial charge on any atom is -0.324 e. The van der Waals surface area contributed by atoms with Crippen LogP contribution in [0.2, 0.25) is 0 Å². The summed E-state index contributed by atoms with van der Waals surface area (Å²) >= 11 is 0. The highest BCUT2D eigenvalue weighted by molar-refractivity contribution is 6.00. The zero-order valence-electron chi connectivity index (χ0n) is 11.8. The Morgan fingerprint density at radius 3 is 2.58 bits per heavy atom. The van der Waals surface area contributed by atoms with Crippen molar-refractivity contribution in [1.29, 1.82) is 0 Å². The van der Waals surface area contributed by atoms with Crippen molar-refractivity contribution in [1.82, 2.24) is 0 Å². The maximum absolute atomic E-state index is 12.1. The molecule has 0 aliphatic carbocycles. The summed E-state index contributed by atoms with van der Waals surface area (Å²) in [5.41, 5.74) is 6.29. The van der Waals surface area contributed by atoms with Crippen LogP contribution in [0.5, 0.6) is 0 Å². The minimum absolute atomic E-state index is 0.0557. The van der Waals surface area contributed by atoms with Gasteiger partial charge in [-0.2, -0.15) is 0 Å². The molecule has 0 aromatic heterocycles. The number of benzene rings is 1. The number of carbonyl (C=O) groups excluding carboxylic acids is 2. The van der Waals surface area contributed by atoms with E-state index in [0.29, 0.717) is 24.1 Å². The van der Waals surface area contributed by atoms with E-state index in [-0.39, 0.29) is 11.7 Å². The maximum Gasteiger partial charge on any atom is 0.244 e. The summed E-state index contributed by atoms with van der Waals surface area (Å²) in [5.74, 6) is -0.171. The zero-order valence-corrected chi connectivity index (χ0v) is 11.8. The fourth-order valence-electron chi connectivity index (χ4n) is 1.88. The first kappa shape index (κ1) is 15.4. The van der Waals surface area contributed by atoms with Crippen LogP contribution in [0, 0.1) is 0 Å². The average molecular weight is 262 g/mol. The number of anilines is 1. The molecule has 0 heterocycles. The summed E-state index contributed by atoms with van der Waals surface area (Å²) in [6, 6.07) is 6.94. The molecule has 4 nitrogen and oxygen atoms in total. The number of nitrogens with two attached hydrogens (primary N) is 1. The Morgan fingerprint density at radius 1 is 1.32 bits per heavy atom. The van der Waals surface area contributed by atoms with Gasteiger partial charge in [0.1, 0.15) is 0 Å². The number of nitrogens with one attached hydrogen (secondary N) is 1. The quantitative estimate of drug-likeness (QED) is 0.774. The molecule has 0 radical (unpaired) electrons. The molecule has 3 N–H and O–H groups in total. The molecule has 1 amide bonds. The van der Waals surface area contributed by atoms with Gasteiger partial charge in [0.15, 0.2) is 5.78 Å². The van der Waals surface area contributed by atoms with Crippen LogP contribution in [0.25, 0.3) is 0 Å². The van der Waals surface area contributed by atoms with E-state index in [9.17, 15) is 9.59 Å². The Hall–Kier alpha value is -1.68. The number of amides is 1. The lowest BCUT2D eigenvalue weighted by atomic mass is 9.96. The fraction of sp³-hybridized carbons (Fsp3) is 0.467. The molecule has 1 atom stereocenters. The second-order valence-electron chi connectivity index (χ2n) is 4.98. The Kier molecular flexibility index (Phi) is 5.24. The Bertz CT molecular complexity index is 467. The van der Waals surface area contributed by atoms with E-state index < -0.39 is 5.54 Å². The van der Waals surface area contributed by atoms with Crippen LogP contribution in [-0.4, -0.2) is 17.2 Å². The van der Waals surface area contributed by atoms with Crippen molar-refractivity contribution >= 4 is 17.4 Å². The van der Waals surface area contributed by atoms with Crippen molar-refractivity contribution in [3.05, 3.63) is 29.8 Å². The molecule has 0 saturated heterocycles. The van der Waals surface area contributed by atoms with E-state index in [2.05, 4.69) is 5.32 Å². The first-order valence-electron chi connectivity index (χ1n) is 6.64. The first-order valence-corrected chi connectivity index (χ1v) is 6.64. The monoisotopic (exact) mass is 262 g/mol. The molecule has 104 valence electrons. The van der Waals surface area contributed by atoms with Gasteiger partial charge in [-0.15, -0.1) is 0 Å². The summed E-state index contributed by atoms with van der Waals surface area (Å²) in [6.45, 7) is 5.51. The highest BCUT2D eigenvalue weighted by Gasteiger charge is 2.27. The van der Waals surface area contributed by atoms with Crippen molar-refractivity contribution in [3.63, 3.8) is 0 Å². The lowest BCUT2D eigenvalue weighted by Crippen LogP contribution is -2.48. The molecule has 0 spiro atoms. The summed E-state index contributed by atoms with van der Waals surface area (Å²) in [6.07, 6.45) is 1.91. The molecule has 19 heavy (non-hydrogen) atoms. The fourth-order valence-corrected chi connectivity index (χ4v) is 1.88. The lowest BCUT2D eigenvalue weighted by Gasteiger charge is -2.22. The largest absolute Gasteiger partial charge is 0.324 e. The standard InChI is InChI=1S/C15H22N2O2/c1-4-9-15(3,16)14(19)17-12-8-6-7-11(10-12)13(18)5-2/h6-8,10H,4-5,9,16H2,1-3H3,(H,17,19). The van der Waals surface area contributed by atoms with Gasteiger partial charge in [-0.3, -0.25) is 9.59 Å². The molecule has 1 aromatic carbocycles. The smallest absolute Gasteiger partial charge is 0.244 e. The number of rotatable bonds is 6. The number of Topliss-reactive ketones (excluding diaryl/α,β-unsaturated/α-hetero) is 1. The van der Waals surface area contributed by atoms with E-state index in [0.717, 1.165) is 6.42 Å². The number of hydrogen-bond acceptors (Lipinski definition) is 3. The van der Waals surface area contributed by atoms with E-state index >= 15 is 0 Å². The van der Waals surface area contributed by atoms with Gasteiger partial charge in [-0.25, -0.2) is 0 Å². The highest BCUT2D eigenvalue weighted by atomic mass is 16.2. The van der Waals surface area contributed by atoms with E-state index in [1.807, 2.05) is 13.8 Å². The van der Waals surface area contributed by atoms with E-state index in [1.54, 1.807) is 31.2 Å². The van der Waals surface area contributed by atoms with Crippen molar-refractivity contribution in [2.45, 2.75) is 45.6 Å². The average Bonchev–Trinajstić information content (AvgIpc) is 2.38. The van der Waals surface area contributed by atoms with Gasteiger partial charge in [0.25, 0.3) is 0 Å².